The Morgan fingerprint density at radius 1 is 1.04 bits per heavy atom. The first-order valence-electron chi connectivity index (χ1n) is 7.98. The molecule has 1 aliphatic rings. The quantitative estimate of drug-likeness (QED) is 0.510. The summed E-state index contributed by atoms with van der Waals surface area (Å²) in [5, 5.41) is 2.75. The molecule has 0 spiro atoms. The van der Waals surface area contributed by atoms with Crippen LogP contribution in [0.5, 0.6) is 0 Å². The van der Waals surface area contributed by atoms with Gasteiger partial charge in [-0.1, -0.05) is 18.2 Å². The smallest absolute Gasteiger partial charge is 0.350 e. The van der Waals surface area contributed by atoms with E-state index in [1.807, 2.05) is 18.2 Å². The van der Waals surface area contributed by atoms with Crippen molar-refractivity contribution in [3.05, 3.63) is 58.2 Å². The lowest BCUT2D eigenvalue weighted by molar-refractivity contribution is -0.222. The molecule has 3 rings (SSSR count). The zero-order valence-corrected chi connectivity index (χ0v) is 14.9. The number of hydrogen-bond acceptors (Lipinski definition) is 6. The Hall–Kier alpha value is -3.29. The van der Waals surface area contributed by atoms with Crippen LogP contribution in [-0.2, 0) is 26.1 Å². The molecule has 0 atom stereocenters. The third-order valence-corrected chi connectivity index (χ3v) is 4.03. The molecule has 8 heteroatoms. The summed E-state index contributed by atoms with van der Waals surface area (Å²) < 4.78 is 13.2. The van der Waals surface area contributed by atoms with Gasteiger partial charge in [0.25, 0.3) is 11.3 Å². The van der Waals surface area contributed by atoms with Crippen molar-refractivity contribution >= 4 is 17.6 Å². The van der Waals surface area contributed by atoms with Crippen LogP contribution >= 0.6 is 0 Å². The number of ether oxygens (including phenoxy) is 2. The lowest BCUT2D eigenvalue weighted by Crippen LogP contribution is -2.42. The zero-order valence-electron chi connectivity index (χ0n) is 14.9. The van der Waals surface area contributed by atoms with E-state index in [1.54, 1.807) is 30.8 Å². The molecule has 1 N–H and O–H groups in total. The summed E-state index contributed by atoms with van der Waals surface area (Å²) in [7, 11) is 1.74. The molecular formula is C18H19N3O5. The van der Waals surface area contributed by atoms with E-state index >= 15 is 0 Å². The highest BCUT2D eigenvalue weighted by molar-refractivity contribution is 6.15. The van der Waals surface area contributed by atoms with Crippen molar-refractivity contribution in [2.45, 2.75) is 26.6 Å². The van der Waals surface area contributed by atoms with Gasteiger partial charge in [0.15, 0.2) is 5.57 Å². The Morgan fingerprint density at radius 3 is 2.19 bits per heavy atom. The van der Waals surface area contributed by atoms with Crippen molar-refractivity contribution in [2.75, 3.05) is 5.32 Å². The molecule has 0 bridgehead atoms. The average molecular weight is 357 g/mol. The van der Waals surface area contributed by atoms with E-state index < -0.39 is 17.7 Å². The van der Waals surface area contributed by atoms with Crippen molar-refractivity contribution in [1.29, 1.82) is 0 Å². The minimum atomic E-state index is -1.31. The maximum atomic E-state index is 12.8. The molecule has 2 aromatic rings. The van der Waals surface area contributed by atoms with Gasteiger partial charge in [0, 0.05) is 27.1 Å². The number of benzene rings is 1. The molecule has 0 aliphatic carbocycles. The van der Waals surface area contributed by atoms with Crippen LogP contribution in [0.15, 0.2) is 46.9 Å². The predicted molar refractivity (Wildman–Crippen MR) is 93.7 cm³/mol. The lowest BCUT2D eigenvalue weighted by Gasteiger charge is -2.29. The summed E-state index contributed by atoms with van der Waals surface area (Å²) in [4.78, 5) is 36.7. The fourth-order valence-corrected chi connectivity index (χ4v) is 2.66. The number of esters is 2. The van der Waals surface area contributed by atoms with Crippen LogP contribution in [0.1, 0.15) is 19.5 Å². The summed E-state index contributed by atoms with van der Waals surface area (Å²) >= 11 is 0. The Morgan fingerprint density at radius 2 is 1.62 bits per heavy atom. The number of cyclic esters (lactones) is 2. The van der Waals surface area contributed by atoms with Crippen molar-refractivity contribution in [3.63, 3.8) is 0 Å². The van der Waals surface area contributed by atoms with Crippen LogP contribution in [0.25, 0.3) is 5.69 Å². The van der Waals surface area contributed by atoms with Crippen LogP contribution < -0.4 is 10.9 Å². The van der Waals surface area contributed by atoms with Gasteiger partial charge in [-0.15, -0.1) is 0 Å². The van der Waals surface area contributed by atoms with Gasteiger partial charge >= 0.3 is 11.9 Å². The van der Waals surface area contributed by atoms with Crippen molar-refractivity contribution in [2.24, 2.45) is 7.05 Å². The Kier molecular flexibility index (Phi) is 4.19. The van der Waals surface area contributed by atoms with Crippen LogP contribution in [0.3, 0.4) is 0 Å². The van der Waals surface area contributed by atoms with Crippen LogP contribution in [-0.4, -0.2) is 27.1 Å². The van der Waals surface area contributed by atoms with Gasteiger partial charge in [0.05, 0.1) is 11.4 Å². The van der Waals surface area contributed by atoms with Crippen LogP contribution in [0.4, 0.5) is 5.69 Å². The van der Waals surface area contributed by atoms with E-state index in [9.17, 15) is 14.4 Å². The minimum Gasteiger partial charge on any atom is -0.419 e. The minimum absolute atomic E-state index is 0.245. The summed E-state index contributed by atoms with van der Waals surface area (Å²) in [6.07, 6.45) is 1.14. The molecule has 1 aromatic carbocycles. The second-order valence-corrected chi connectivity index (χ2v) is 6.32. The van der Waals surface area contributed by atoms with E-state index in [2.05, 4.69) is 5.32 Å². The zero-order chi connectivity index (χ0) is 19.1. The summed E-state index contributed by atoms with van der Waals surface area (Å²) in [5.74, 6) is -2.93. The fourth-order valence-electron chi connectivity index (χ4n) is 2.66. The molecule has 0 radical (unpaired) electrons. The number of hydrogen-bond donors (Lipinski definition) is 1. The summed E-state index contributed by atoms with van der Waals surface area (Å²) in [6.45, 7) is 4.68. The SMILES string of the molecule is Cc1c(NC=C2C(=O)OC(C)(C)OC2=O)c(=O)n(-c2ccccc2)n1C. The molecule has 1 aliphatic heterocycles. The second-order valence-electron chi connectivity index (χ2n) is 6.32. The van der Waals surface area contributed by atoms with Gasteiger partial charge in [-0.05, 0) is 19.1 Å². The van der Waals surface area contributed by atoms with Gasteiger partial charge in [0.1, 0.15) is 5.69 Å². The molecule has 0 unspecified atom stereocenters. The topological polar surface area (TPSA) is 91.6 Å². The number of nitrogens with zero attached hydrogens (tertiary/aromatic N) is 2. The number of anilines is 1. The van der Waals surface area contributed by atoms with Crippen LogP contribution in [0.2, 0.25) is 0 Å². The van der Waals surface area contributed by atoms with Crippen molar-refractivity contribution in [1.82, 2.24) is 9.36 Å². The maximum Gasteiger partial charge on any atom is 0.350 e. The highest BCUT2D eigenvalue weighted by Crippen LogP contribution is 2.23. The maximum absolute atomic E-state index is 12.8. The number of para-hydroxylation sites is 1. The summed E-state index contributed by atoms with van der Waals surface area (Å²) in [6, 6.07) is 9.13. The number of aromatic nitrogens is 2. The number of carbonyl (C=O) groups is 2. The standard InChI is InChI=1S/C18H19N3O5/c1-11-14(15(22)21(20(11)4)12-8-6-5-7-9-12)19-10-13-16(23)25-18(2,3)26-17(13)24/h5-10,19H,1-4H3. The molecule has 1 aromatic heterocycles. The molecule has 8 nitrogen and oxygen atoms in total. The van der Waals surface area contributed by atoms with E-state index in [1.165, 1.54) is 18.5 Å². The average Bonchev–Trinajstić information content (AvgIpc) is 2.77. The van der Waals surface area contributed by atoms with E-state index in [-0.39, 0.29) is 16.8 Å². The molecule has 136 valence electrons. The van der Waals surface area contributed by atoms with E-state index in [0.717, 1.165) is 6.20 Å². The first-order chi connectivity index (χ1) is 12.2. The Balaban J connectivity index is 1.96. The predicted octanol–water partition coefficient (Wildman–Crippen LogP) is 1.62. The van der Waals surface area contributed by atoms with Gasteiger partial charge in [-0.3, -0.25) is 9.48 Å². The Bertz CT molecular complexity index is 945. The van der Waals surface area contributed by atoms with Gasteiger partial charge in [-0.25, -0.2) is 14.3 Å². The Labute approximate surface area is 149 Å². The second kappa shape index (κ2) is 6.21. The first-order valence-corrected chi connectivity index (χ1v) is 7.98. The summed E-state index contributed by atoms with van der Waals surface area (Å²) in [5.41, 5.74) is 0.953. The molecule has 0 saturated carbocycles. The largest absolute Gasteiger partial charge is 0.419 e. The van der Waals surface area contributed by atoms with Crippen molar-refractivity contribution < 1.29 is 19.1 Å². The third-order valence-electron chi connectivity index (χ3n) is 4.03. The molecule has 0 amide bonds. The number of rotatable bonds is 3. The van der Waals surface area contributed by atoms with Gasteiger partial charge < -0.3 is 14.8 Å². The van der Waals surface area contributed by atoms with Crippen LogP contribution in [0, 0.1) is 6.92 Å². The molecule has 2 heterocycles. The first kappa shape index (κ1) is 17.5. The van der Waals surface area contributed by atoms with Gasteiger partial charge in [-0.2, -0.15) is 0 Å². The molecule has 1 fully saturated rings. The highest BCUT2D eigenvalue weighted by Gasteiger charge is 2.39. The fraction of sp³-hybridized carbons (Fsp3) is 0.278. The lowest BCUT2D eigenvalue weighted by atomic mass is 10.2. The molecule has 26 heavy (non-hydrogen) atoms. The number of nitrogens with one attached hydrogen (secondary N) is 1. The number of carbonyl (C=O) groups excluding carboxylic acids is 2. The normalized spacial score (nSPS) is 16.1. The van der Waals surface area contributed by atoms with Crippen molar-refractivity contribution in [3.8, 4) is 5.69 Å². The molecular weight excluding hydrogens is 338 g/mol. The third kappa shape index (κ3) is 3.01. The van der Waals surface area contributed by atoms with Gasteiger partial charge in [0.2, 0.25) is 0 Å². The molecule has 1 saturated heterocycles. The van der Waals surface area contributed by atoms with E-state index in [4.69, 9.17) is 9.47 Å². The monoisotopic (exact) mass is 357 g/mol. The highest BCUT2D eigenvalue weighted by atomic mass is 16.7. The van der Waals surface area contributed by atoms with E-state index in [0.29, 0.717) is 11.4 Å².